The van der Waals surface area contributed by atoms with Crippen molar-refractivity contribution in [2.45, 2.75) is 18.7 Å². The summed E-state index contributed by atoms with van der Waals surface area (Å²) < 4.78 is 33.2. The van der Waals surface area contributed by atoms with E-state index < -0.39 is 22.5 Å². The van der Waals surface area contributed by atoms with Gasteiger partial charge in [0, 0.05) is 5.02 Å². The number of rotatable bonds is 8. The van der Waals surface area contributed by atoms with Gasteiger partial charge in [0.2, 0.25) is 0 Å². The van der Waals surface area contributed by atoms with Crippen LogP contribution in [0.4, 0.5) is 5.69 Å². The molecule has 3 rings (SSSR count). The van der Waals surface area contributed by atoms with E-state index in [-0.39, 0.29) is 16.3 Å². The van der Waals surface area contributed by atoms with Crippen LogP contribution in [0, 0.1) is 6.92 Å². The van der Waals surface area contributed by atoms with Gasteiger partial charge in [-0.15, -0.1) is 0 Å². The van der Waals surface area contributed by atoms with E-state index in [9.17, 15) is 13.2 Å². The van der Waals surface area contributed by atoms with Crippen LogP contribution < -0.4 is 14.5 Å². The van der Waals surface area contributed by atoms with Crippen LogP contribution in [0.5, 0.6) is 5.75 Å². The lowest BCUT2D eigenvalue weighted by atomic mass is 10.1. The number of halogens is 1. The number of aryl methyl sites for hydroxylation is 1. The Kier molecular flexibility index (Phi) is 7.73. The zero-order valence-corrected chi connectivity index (χ0v) is 20.0. The molecule has 0 saturated carbocycles. The number of anilines is 1. The molecule has 0 aromatic heterocycles. The van der Waals surface area contributed by atoms with Crippen molar-refractivity contribution in [3.05, 3.63) is 88.9 Å². The highest BCUT2D eigenvalue weighted by Gasteiger charge is 2.29. The van der Waals surface area contributed by atoms with Crippen molar-refractivity contribution in [2.75, 3.05) is 18.0 Å². The second kappa shape index (κ2) is 10.5. The molecule has 0 saturated heterocycles. The van der Waals surface area contributed by atoms with Gasteiger partial charge in [0.15, 0.2) is 0 Å². The average molecular weight is 486 g/mol. The molecule has 1 N–H and O–H groups in total. The first-order chi connectivity index (χ1) is 15.7. The summed E-state index contributed by atoms with van der Waals surface area (Å²) in [4.78, 5) is 12.8. The molecule has 0 aliphatic rings. The van der Waals surface area contributed by atoms with Gasteiger partial charge in [-0.3, -0.25) is 9.10 Å². The van der Waals surface area contributed by atoms with Crippen molar-refractivity contribution < 1.29 is 17.9 Å². The Morgan fingerprint density at radius 2 is 1.73 bits per heavy atom. The van der Waals surface area contributed by atoms with E-state index in [1.165, 1.54) is 25.3 Å². The van der Waals surface area contributed by atoms with Crippen LogP contribution in [-0.2, 0) is 14.8 Å². The molecule has 7 nitrogen and oxygen atoms in total. The second-order valence-electron chi connectivity index (χ2n) is 7.24. The highest BCUT2D eigenvalue weighted by Crippen LogP contribution is 2.34. The molecule has 0 spiro atoms. The molecule has 3 aromatic carbocycles. The zero-order valence-electron chi connectivity index (χ0n) is 18.4. The minimum Gasteiger partial charge on any atom is -0.495 e. The SMILES string of the molecule is COc1ccc(Cl)cc1N(CC(=O)N/N=C(/C)c1ccc(C)cc1)S(=O)(=O)c1ccccc1. The van der Waals surface area contributed by atoms with E-state index >= 15 is 0 Å². The van der Waals surface area contributed by atoms with Crippen LogP contribution in [0.3, 0.4) is 0 Å². The standard InChI is InChI=1S/C24H24ClN3O4S/c1-17-9-11-19(12-10-17)18(2)26-27-24(29)16-28(22-15-20(25)13-14-23(22)32-3)33(30,31)21-7-5-4-6-8-21/h4-15H,16H2,1-3H3,(H,27,29)/b26-18-. The van der Waals surface area contributed by atoms with Crippen molar-refractivity contribution >= 4 is 38.9 Å². The van der Waals surface area contributed by atoms with E-state index in [1.807, 2.05) is 31.2 Å². The predicted molar refractivity (Wildman–Crippen MR) is 131 cm³/mol. The summed E-state index contributed by atoms with van der Waals surface area (Å²) in [7, 11) is -2.70. The van der Waals surface area contributed by atoms with E-state index in [0.717, 1.165) is 15.4 Å². The van der Waals surface area contributed by atoms with Gasteiger partial charge >= 0.3 is 0 Å². The number of hydrogen-bond acceptors (Lipinski definition) is 5. The summed E-state index contributed by atoms with van der Waals surface area (Å²) in [6.45, 7) is 3.20. The van der Waals surface area contributed by atoms with Crippen LogP contribution >= 0.6 is 11.6 Å². The molecule has 172 valence electrons. The number of ether oxygens (including phenoxy) is 1. The van der Waals surface area contributed by atoms with Gasteiger partial charge in [0.1, 0.15) is 12.3 Å². The molecule has 1 amide bonds. The average Bonchev–Trinajstić information content (AvgIpc) is 2.82. The Labute approximate surface area is 198 Å². The lowest BCUT2D eigenvalue weighted by molar-refractivity contribution is -0.119. The third kappa shape index (κ3) is 5.91. The molecule has 3 aromatic rings. The zero-order chi connectivity index (χ0) is 24.0. The summed E-state index contributed by atoms with van der Waals surface area (Å²) in [5.74, 6) is -0.367. The molecule has 0 aliphatic heterocycles. The van der Waals surface area contributed by atoms with Crippen LogP contribution in [0.15, 0.2) is 82.8 Å². The highest BCUT2D eigenvalue weighted by molar-refractivity contribution is 7.92. The monoisotopic (exact) mass is 485 g/mol. The number of sulfonamides is 1. The minimum absolute atomic E-state index is 0.0270. The molecular weight excluding hydrogens is 462 g/mol. The van der Waals surface area contributed by atoms with Gasteiger partial charge in [-0.25, -0.2) is 13.8 Å². The lowest BCUT2D eigenvalue weighted by Gasteiger charge is -2.25. The molecule has 0 radical (unpaired) electrons. The lowest BCUT2D eigenvalue weighted by Crippen LogP contribution is -2.40. The normalized spacial score (nSPS) is 11.7. The molecule has 0 unspecified atom stereocenters. The number of hydrogen-bond donors (Lipinski definition) is 1. The molecular formula is C24H24ClN3O4S. The first-order valence-electron chi connectivity index (χ1n) is 10.0. The summed E-state index contributed by atoms with van der Waals surface area (Å²) in [6, 6.07) is 20.1. The Hall–Kier alpha value is -3.36. The number of hydrazone groups is 1. The third-order valence-electron chi connectivity index (χ3n) is 4.85. The van der Waals surface area contributed by atoms with E-state index in [4.69, 9.17) is 16.3 Å². The molecule has 0 aliphatic carbocycles. The van der Waals surface area contributed by atoms with Crippen LogP contribution in [0.1, 0.15) is 18.1 Å². The summed E-state index contributed by atoms with van der Waals surface area (Å²) >= 11 is 6.13. The molecule has 0 heterocycles. The van der Waals surface area contributed by atoms with Gasteiger partial charge in [0.25, 0.3) is 15.9 Å². The van der Waals surface area contributed by atoms with Crippen LogP contribution in [0.25, 0.3) is 0 Å². The Balaban J connectivity index is 1.93. The summed E-state index contributed by atoms with van der Waals surface area (Å²) in [6.07, 6.45) is 0. The number of benzene rings is 3. The molecule has 0 bridgehead atoms. The van der Waals surface area contributed by atoms with E-state index in [0.29, 0.717) is 10.7 Å². The summed E-state index contributed by atoms with van der Waals surface area (Å²) in [5.41, 5.74) is 5.11. The first-order valence-corrected chi connectivity index (χ1v) is 11.9. The topological polar surface area (TPSA) is 88.1 Å². The smallest absolute Gasteiger partial charge is 0.264 e. The van der Waals surface area contributed by atoms with Crippen LogP contribution in [0.2, 0.25) is 5.02 Å². The Morgan fingerprint density at radius 3 is 2.36 bits per heavy atom. The number of carbonyl (C=O) groups excluding carboxylic acids is 1. The van der Waals surface area contributed by atoms with Crippen LogP contribution in [-0.4, -0.2) is 33.7 Å². The van der Waals surface area contributed by atoms with Gasteiger partial charge in [-0.1, -0.05) is 59.6 Å². The maximum Gasteiger partial charge on any atom is 0.264 e. The van der Waals surface area contributed by atoms with Crippen molar-refractivity contribution in [2.24, 2.45) is 5.10 Å². The van der Waals surface area contributed by atoms with Crippen molar-refractivity contribution in [3.8, 4) is 5.75 Å². The van der Waals surface area contributed by atoms with Gasteiger partial charge in [-0.05, 0) is 49.7 Å². The molecule has 0 fully saturated rings. The number of nitrogens with zero attached hydrogens (tertiary/aromatic N) is 2. The Bertz CT molecular complexity index is 1260. The van der Waals surface area contributed by atoms with E-state index in [1.54, 1.807) is 37.3 Å². The fourth-order valence-corrected chi connectivity index (χ4v) is 4.66. The first kappa shape index (κ1) is 24.3. The number of carbonyl (C=O) groups is 1. The Morgan fingerprint density at radius 1 is 1.06 bits per heavy atom. The number of methoxy groups -OCH3 is 1. The largest absolute Gasteiger partial charge is 0.495 e. The third-order valence-corrected chi connectivity index (χ3v) is 6.85. The maximum atomic E-state index is 13.5. The molecule has 9 heteroatoms. The second-order valence-corrected chi connectivity index (χ2v) is 9.54. The number of amides is 1. The number of nitrogens with one attached hydrogen (secondary N) is 1. The predicted octanol–water partition coefficient (Wildman–Crippen LogP) is 4.39. The van der Waals surface area contributed by atoms with Crippen molar-refractivity contribution in [1.29, 1.82) is 0 Å². The minimum atomic E-state index is -4.11. The van der Waals surface area contributed by atoms with Crippen molar-refractivity contribution in [1.82, 2.24) is 5.43 Å². The van der Waals surface area contributed by atoms with E-state index in [2.05, 4.69) is 10.5 Å². The van der Waals surface area contributed by atoms with Crippen molar-refractivity contribution in [3.63, 3.8) is 0 Å². The van der Waals surface area contributed by atoms with Gasteiger partial charge in [-0.2, -0.15) is 5.10 Å². The fraction of sp³-hybridized carbons (Fsp3) is 0.167. The molecule has 0 atom stereocenters. The quantitative estimate of drug-likeness (QED) is 0.378. The fourth-order valence-electron chi connectivity index (χ4n) is 3.05. The summed E-state index contributed by atoms with van der Waals surface area (Å²) in [5, 5.41) is 4.42. The maximum absolute atomic E-state index is 13.5. The highest BCUT2D eigenvalue weighted by atomic mass is 35.5. The molecule has 33 heavy (non-hydrogen) atoms. The van der Waals surface area contributed by atoms with Gasteiger partial charge in [0.05, 0.1) is 23.4 Å². The van der Waals surface area contributed by atoms with Gasteiger partial charge < -0.3 is 4.74 Å².